The lowest BCUT2D eigenvalue weighted by molar-refractivity contribution is 0.0211. The van der Waals surface area contributed by atoms with Crippen molar-refractivity contribution < 1.29 is 4.74 Å². The van der Waals surface area contributed by atoms with Crippen molar-refractivity contribution in [1.82, 2.24) is 0 Å². The smallest absolute Gasteiger partial charge is 0.0728 e. The molecule has 1 aliphatic heterocycles. The summed E-state index contributed by atoms with van der Waals surface area (Å²) < 4.78 is 6.41. The highest BCUT2D eigenvalue weighted by atomic mass is 127. The molecule has 3 heteroatoms. The third kappa shape index (κ3) is 2.14. The second-order valence-electron chi connectivity index (χ2n) is 3.34. The molecule has 1 fully saturated rings. The molecule has 70 valence electrons. The number of aryl methyl sites for hydroxylation is 1. The van der Waals surface area contributed by atoms with Crippen molar-refractivity contribution in [1.29, 1.82) is 0 Å². The standard InChI is InChI=1S/C10H12INO/c1-7-4-8(2-3-10(7)11)12-9-5-13-6-9/h2-4,9,12H,5-6H2,1H3. The molecule has 1 aromatic rings. The Morgan fingerprint density at radius 2 is 2.23 bits per heavy atom. The zero-order chi connectivity index (χ0) is 9.26. The summed E-state index contributed by atoms with van der Waals surface area (Å²) >= 11 is 2.35. The van der Waals surface area contributed by atoms with Gasteiger partial charge in [-0.25, -0.2) is 0 Å². The van der Waals surface area contributed by atoms with Crippen molar-refractivity contribution in [2.24, 2.45) is 0 Å². The predicted octanol–water partition coefficient (Wildman–Crippen LogP) is 2.41. The van der Waals surface area contributed by atoms with E-state index in [0.717, 1.165) is 13.2 Å². The molecular formula is C10H12INO. The van der Waals surface area contributed by atoms with E-state index in [4.69, 9.17) is 4.74 Å². The molecule has 1 aromatic carbocycles. The van der Waals surface area contributed by atoms with Gasteiger partial charge in [0, 0.05) is 9.26 Å². The van der Waals surface area contributed by atoms with Gasteiger partial charge in [-0.05, 0) is 53.3 Å². The van der Waals surface area contributed by atoms with Gasteiger partial charge in [-0.3, -0.25) is 0 Å². The van der Waals surface area contributed by atoms with Gasteiger partial charge < -0.3 is 10.1 Å². The van der Waals surface area contributed by atoms with Crippen LogP contribution in [0.4, 0.5) is 5.69 Å². The molecule has 0 unspecified atom stereocenters. The van der Waals surface area contributed by atoms with Crippen molar-refractivity contribution in [2.75, 3.05) is 18.5 Å². The van der Waals surface area contributed by atoms with Crippen molar-refractivity contribution in [3.63, 3.8) is 0 Å². The Morgan fingerprint density at radius 1 is 1.46 bits per heavy atom. The summed E-state index contributed by atoms with van der Waals surface area (Å²) in [5.41, 5.74) is 2.53. The van der Waals surface area contributed by atoms with Crippen LogP contribution in [0.2, 0.25) is 0 Å². The first-order chi connectivity index (χ1) is 6.25. The quantitative estimate of drug-likeness (QED) is 0.844. The van der Waals surface area contributed by atoms with Crippen molar-refractivity contribution in [3.05, 3.63) is 27.3 Å². The second-order valence-corrected chi connectivity index (χ2v) is 4.50. The largest absolute Gasteiger partial charge is 0.378 e. The number of hydrogen-bond donors (Lipinski definition) is 1. The summed E-state index contributed by atoms with van der Waals surface area (Å²) in [5.74, 6) is 0. The van der Waals surface area contributed by atoms with Crippen LogP contribution < -0.4 is 5.32 Å². The number of benzene rings is 1. The summed E-state index contributed by atoms with van der Waals surface area (Å²) in [4.78, 5) is 0. The minimum absolute atomic E-state index is 0.513. The first-order valence-corrected chi connectivity index (χ1v) is 5.44. The molecule has 13 heavy (non-hydrogen) atoms. The summed E-state index contributed by atoms with van der Waals surface area (Å²) in [6, 6.07) is 6.95. The summed E-state index contributed by atoms with van der Waals surface area (Å²) in [7, 11) is 0. The molecule has 0 spiro atoms. The normalized spacial score (nSPS) is 16.8. The van der Waals surface area contributed by atoms with Gasteiger partial charge in [-0.15, -0.1) is 0 Å². The fourth-order valence-electron chi connectivity index (χ4n) is 1.29. The van der Waals surface area contributed by atoms with Crippen LogP contribution in [0.15, 0.2) is 18.2 Å². The average molecular weight is 289 g/mol. The van der Waals surface area contributed by atoms with E-state index in [0.29, 0.717) is 6.04 Å². The Balaban J connectivity index is 2.07. The first-order valence-electron chi connectivity index (χ1n) is 4.36. The van der Waals surface area contributed by atoms with Crippen molar-refractivity contribution in [2.45, 2.75) is 13.0 Å². The van der Waals surface area contributed by atoms with Gasteiger partial charge in [0.25, 0.3) is 0 Å². The van der Waals surface area contributed by atoms with E-state index in [-0.39, 0.29) is 0 Å². The van der Waals surface area contributed by atoms with E-state index in [1.54, 1.807) is 0 Å². The molecule has 0 bridgehead atoms. The topological polar surface area (TPSA) is 21.3 Å². The maximum absolute atomic E-state index is 5.10. The number of hydrogen-bond acceptors (Lipinski definition) is 2. The van der Waals surface area contributed by atoms with E-state index in [2.05, 4.69) is 53.0 Å². The molecule has 0 aliphatic carbocycles. The highest BCUT2D eigenvalue weighted by Crippen LogP contribution is 2.18. The Bertz CT molecular complexity index is 310. The molecule has 0 amide bonds. The number of ether oxygens (including phenoxy) is 1. The van der Waals surface area contributed by atoms with Crippen LogP contribution in [-0.4, -0.2) is 19.3 Å². The van der Waals surface area contributed by atoms with Crippen LogP contribution in [0, 0.1) is 10.5 Å². The van der Waals surface area contributed by atoms with Crippen molar-refractivity contribution >= 4 is 28.3 Å². The summed E-state index contributed by atoms with van der Waals surface area (Å²) in [5, 5.41) is 3.42. The lowest BCUT2D eigenvalue weighted by Gasteiger charge is -2.28. The van der Waals surface area contributed by atoms with E-state index < -0.39 is 0 Å². The van der Waals surface area contributed by atoms with E-state index >= 15 is 0 Å². The van der Waals surface area contributed by atoms with Crippen molar-refractivity contribution in [3.8, 4) is 0 Å². The Morgan fingerprint density at radius 3 is 2.77 bits per heavy atom. The maximum Gasteiger partial charge on any atom is 0.0728 e. The van der Waals surface area contributed by atoms with Gasteiger partial charge in [0.15, 0.2) is 0 Å². The fourth-order valence-corrected chi connectivity index (χ4v) is 1.62. The van der Waals surface area contributed by atoms with Crippen LogP contribution in [-0.2, 0) is 4.74 Å². The fraction of sp³-hybridized carbons (Fsp3) is 0.400. The van der Waals surface area contributed by atoms with Gasteiger partial charge in [0.2, 0.25) is 0 Å². The molecule has 1 saturated heterocycles. The van der Waals surface area contributed by atoms with E-state index in [1.165, 1.54) is 14.8 Å². The third-order valence-electron chi connectivity index (χ3n) is 2.17. The maximum atomic E-state index is 5.10. The van der Waals surface area contributed by atoms with Crippen LogP contribution in [0.1, 0.15) is 5.56 Å². The van der Waals surface area contributed by atoms with Crippen LogP contribution in [0.3, 0.4) is 0 Å². The SMILES string of the molecule is Cc1cc(NC2COC2)ccc1I. The van der Waals surface area contributed by atoms with Gasteiger partial charge >= 0.3 is 0 Å². The number of halogens is 1. The number of nitrogens with one attached hydrogen (secondary N) is 1. The first kappa shape index (κ1) is 9.27. The zero-order valence-corrected chi connectivity index (χ0v) is 9.67. The molecular weight excluding hydrogens is 277 g/mol. The monoisotopic (exact) mass is 289 g/mol. The molecule has 1 N–H and O–H groups in total. The predicted molar refractivity (Wildman–Crippen MR) is 62.1 cm³/mol. The van der Waals surface area contributed by atoms with Gasteiger partial charge in [0.1, 0.15) is 0 Å². The number of rotatable bonds is 2. The minimum Gasteiger partial charge on any atom is -0.378 e. The second kappa shape index (κ2) is 3.84. The molecule has 0 saturated carbocycles. The highest BCUT2D eigenvalue weighted by Gasteiger charge is 2.17. The molecule has 0 aromatic heterocycles. The minimum atomic E-state index is 0.513. The van der Waals surface area contributed by atoms with Gasteiger partial charge in [-0.1, -0.05) is 0 Å². The highest BCUT2D eigenvalue weighted by molar-refractivity contribution is 14.1. The lowest BCUT2D eigenvalue weighted by Crippen LogP contribution is -2.40. The zero-order valence-electron chi connectivity index (χ0n) is 7.51. The van der Waals surface area contributed by atoms with Crippen LogP contribution >= 0.6 is 22.6 Å². The average Bonchev–Trinajstić information content (AvgIpc) is 2.04. The molecule has 1 aliphatic rings. The van der Waals surface area contributed by atoms with Crippen LogP contribution in [0.25, 0.3) is 0 Å². The van der Waals surface area contributed by atoms with E-state index in [9.17, 15) is 0 Å². The number of anilines is 1. The molecule has 2 rings (SSSR count). The van der Waals surface area contributed by atoms with E-state index in [1.807, 2.05) is 0 Å². The Kier molecular flexibility index (Phi) is 2.74. The lowest BCUT2D eigenvalue weighted by atomic mass is 10.2. The van der Waals surface area contributed by atoms with Gasteiger partial charge in [0.05, 0.1) is 19.3 Å². The molecule has 2 nitrogen and oxygen atoms in total. The summed E-state index contributed by atoms with van der Waals surface area (Å²) in [6.45, 7) is 3.81. The molecule has 0 radical (unpaired) electrons. The molecule has 0 atom stereocenters. The Labute approximate surface area is 91.8 Å². The van der Waals surface area contributed by atoms with Crippen LogP contribution in [0.5, 0.6) is 0 Å². The third-order valence-corrected chi connectivity index (χ3v) is 3.38. The Hall–Kier alpha value is -0.290. The molecule has 1 heterocycles. The summed E-state index contributed by atoms with van der Waals surface area (Å²) in [6.07, 6.45) is 0. The van der Waals surface area contributed by atoms with Gasteiger partial charge in [-0.2, -0.15) is 0 Å².